The molecule has 0 saturated carbocycles. The van der Waals surface area contributed by atoms with Crippen LogP contribution in [0.3, 0.4) is 0 Å². The first-order valence-corrected chi connectivity index (χ1v) is 6.44. The van der Waals surface area contributed by atoms with E-state index in [0.717, 1.165) is 6.54 Å². The minimum absolute atomic E-state index is 0. The van der Waals surface area contributed by atoms with Crippen molar-refractivity contribution in [1.82, 2.24) is 5.32 Å². The molecule has 0 aromatic heterocycles. The molecule has 0 saturated heterocycles. The third-order valence-electron chi connectivity index (χ3n) is 3.51. The van der Waals surface area contributed by atoms with Gasteiger partial charge in [-0.1, -0.05) is 47.1 Å². The monoisotopic (exact) mass is 229 g/mol. The Balaban J connectivity index is -0.000000440. The number of unbranched alkanes of at least 4 members (excludes halogenated alkanes) is 1. The summed E-state index contributed by atoms with van der Waals surface area (Å²) in [5, 5.41) is 3.19. The van der Waals surface area contributed by atoms with Crippen molar-refractivity contribution in [3.05, 3.63) is 12.7 Å². The molecule has 0 aromatic rings. The Morgan fingerprint density at radius 1 is 1.12 bits per heavy atom. The molecule has 0 unspecified atom stereocenters. The lowest BCUT2D eigenvalue weighted by atomic mass is 9.67. The van der Waals surface area contributed by atoms with Gasteiger partial charge < -0.3 is 5.32 Å². The van der Waals surface area contributed by atoms with Gasteiger partial charge in [0.05, 0.1) is 0 Å². The predicted octanol–water partition coefficient (Wildman–Crippen LogP) is 4.89. The number of rotatable bonds is 5. The Bertz CT molecular complexity index is 168. The van der Waals surface area contributed by atoms with Crippen LogP contribution in [0.2, 0.25) is 0 Å². The maximum absolute atomic E-state index is 3.36. The summed E-state index contributed by atoms with van der Waals surface area (Å²) in [6, 6.07) is 0. The van der Waals surface area contributed by atoms with Crippen molar-refractivity contribution in [2.75, 3.05) is 13.6 Å². The molecular formula is C15H35N. The average molecular weight is 229 g/mol. The summed E-state index contributed by atoms with van der Waals surface area (Å²) < 4.78 is 0. The van der Waals surface area contributed by atoms with Gasteiger partial charge in [0.25, 0.3) is 0 Å². The van der Waals surface area contributed by atoms with Crippen molar-refractivity contribution < 1.29 is 1.43 Å². The second-order valence-corrected chi connectivity index (χ2v) is 6.10. The highest BCUT2D eigenvalue weighted by Gasteiger charge is 2.31. The zero-order valence-corrected chi connectivity index (χ0v) is 12.6. The lowest BCUT2D eigenvalue weighted by Crippen LogP contribution is -2.29. The molecule has 0 aromatic carbocycles. The van der Waals surface area contributed by atoms with Crippen LogP contribution in [0.4, 0.5) is 0 Å². The van der Waals surface area contributed by atoms with E-state index in [1.54, 1.807) is 6.08 Å². The van der Waals surface area contributed by atoms with Crippen molar-refractivity contribution in [2.24, 2.45) is 10.8 Å². The van der Waals surface area contributed by atoms with Crippen molar-refractivity contribution in [2.45, 2.75) is 60.8 Å². The van der Waals surface area contributed by atoms with Crippen LogP contribution in [0, 0.1) is 10.8 Å². The van der Waals surface area contributed by atoms with Gasteiger partial charge in [0.15, 0.2) is 0 Å². The Morgan fingerprint density at radius 2 is 1.56 bits per heavy atom. The highest BCUT2D eigenvalue weighted by atomic mass is 14.8. The summed E-state index contributed by atoms with van der Waals surface area (Å²) in [4.78, 5) is 0. The minimum atomic E-state index is 0. The molecule has 0 rings (SSSR count). The van der Waals surface area contributed by atoms with Gasteiger partial charge in [-0.2, -0.15) is 0 Å². The Hall–Kier alpha value is -0.300. The maximum atomic E-state index is 3.36. The molecule has 0 fully saturated rings. The van der Waals surface area contributed by atoms with E-state index < -0.39 is 0 Å². The van der Waals surface area contributed by atoms with Crippen molar-refractivity contribution >= 4 is 0 Å². The number of nitrogens with one attached hydrogen (secondary N) is 1. The molecule has 0 aliphatic carbocycles. The van der Waals surface area contributed by atoms with E-state index in [-0.39, 0.29) is 1.43 Å². The van der Waals surface area contributed by atoms with Crippen molar-refractivity contribution in [1.29, 1.82) is 0 Å². The molecular weight excluding hydrogens is 194 g/mol. The van der Waals surface area contributed by atoms with Gasteiger partial charge in [0, 0.05) is 1.43 Å². The molecule has 1 N–H and O–H groups in total. The first kappa shape index (κ1) is 18.1. The fraction of sp³-hybridized carbons (Fsp3) is 0.867. The van der Waals surface area contributed by atoms with E-state index in [1.165, 1.54) is 19.3 Å². The first-order valence-electron chi connectivity index (χ1n) is 6.44. The Morgan fingerprint density at radius 3 is 1.88 bits per heavy atom. The van der Waals surface area contributed by atoms with Crippen LogP contribution in [-0.2, 0) is 0 Å². The van der Waals surface area contributed by atoms with Crippen LogP contribution in [0.15, 0.2) is 12.7 Å². The Labute approximate surface area is 105 Å². The zero-order chi connectivity index (χ0) is 13.2. The molecule has 0 heterocycles. The van der Waals surface area contributed by atoms with E-state index >= 15 is 0 Å². The molecule has 0 aliphatic rings. The molecule has 0 spiro atoms. The molecule has 1 nitrogen and oxygen atoms in total. The topological polar surface area (TPSA) is 12.0 Å². The lowest BCUT2D eigenvalue weighted by molar-refractivity contribution is 0.116. The van der Waals surface area contributed by atoms with Gasteiger partial charge in [0.2, 0.25) is 0 Å². The van der Waals surface area contributed by atoms with Crippen LogP contribution < -0.4 is 5.32 Å². The van der Waals surface area contributed by atoms with E-state index in [4.69, 9.17) is 0 Å². The normalized spacial score (nSPS) is 11.7. The lowest BCUT2D eigenvalue weighted by Gasteiger charge is -2.39. The van der Waals surface area contributed by atoms with E-state index in [1.807, 2.05) is 14.0 Å². The van der Waals surface area contributed by atoms with Crippen molar-refractivity contribution in [3.63, 3.8) is 0 Å². The Kier molecular flexibility index (Phi) is 9.95. The molecule has 0 radical (unpaired) electrons. The van der Waals surface area contributed by atoms with Crippen LogP contribution in [0.1, 0.15) is 62.2 Å². The average Bonchev–Trinajstić information content (AvgIpc) is 2.12. The number of allylic oxidation sites excluding steroid dienone is 1. The molecule has 100 valence electrons. The maximum Gasteiger partial charge on any atom is 0 e. The minimum Gasteiger partial charge on any atom is -0.320 e. The fourth-order valence-corrected chi connectivity index (χ4v) is 1.24. The van der Waals surface area contributed by atoms with Gasteiger partial charge in [0.1, 0.15) is 0 Å². The van der Waals surface area contributed by atoms with Gasteiger partial charge in [-0.3, -0.25) is 0 Å². The van der Waals surface area contributed by atoms with Gasteiger partial charge in [-0.15, -0.1) is 6.58 Å². The summed E-state index contributed by atoms with van der Waals surface area (Å²) in [7, 11) is 2.02. The highest BCUT2D eigenvalue weighted by Crippen LogP contribution is 2.41. The van der Waals surface area contributed by atoms with E-state index in [9.17, 15) is 0 Å². The van der Waals surface area contributed by atoms with Crippen LogP contribution in [0.25, 0.3) is 0 Å². The summed E-state index contributed by atoms with van der Waals surface area (Å²) in [5.41, 5.74) is 0.882. The zero-order valence-electron chi connectivity index (χ0n) is 12.6. The first-order chi connectivity index (χ1) is 7.22. The number of hydrogen-bond donors (Lipinski definition) is 1. The highest BCUT2D eigenvalue weighted by molar-refractivity contribution is 4.82. The molecule has 0 amide bonds. The van der Waals surface area contributed by atoms with Crippen LogP contribution in [-0.4, -0.2) is 13.6 Å². The summed E-state index contributed by atoms with van der Waals surface area (Å²) in [6.07, 6.45) is 5.72. The number of hydrogen-bond acceptors (Lipinski definition) is 1. The summed E-state index contributed by atoms with van der Waals surface area (Å²) in [5.74, 6) is 0. The molecule has 1 heteroatoms. The van der Waals surface area contributed by atoms with Crippen LogP contribution in [0.5, 0.6) is 0 Å². The smallest absolute Gasteiger partial charge is 0 e. The summed E-state index contributed by atoms with van der Waals surface area (Å²) in [6.45, 7) is 18.2. The van der Waals surface area contributed by atoms with E-state index in [0.29, 0.717) is 10.8 Å². The molecule has 0 aliphatic heterocycles. The predicted molar refractivity (Wildman–Crippen MR) is 79.0 cm³/mol. The van der Waals surface area contributed by atoms with Crippen LogP contribution >= 0.6 is 0 Å². The third-order valence-corrected chi connectivity index (χ3v) is 3.51. The standard InChI is InChI=1S/C12H27N.C3H6.H2/c1-11(2,3)12(4,5)9-7-8-10-13-6;1-3-2;/h13H,7-10H2,1-6H3;3H,1H2,2H3;1H. The second-order valence-electron chi connectivity index (χ2n) is 6.10. The van der Waals surface area contributed by atoms with Gasteiger partial charge >= 0.3 is 0 Å². The largest absolute Gasteiger partial charge is 0.320 e. The second kappa shape index (κ2) is 8.81. The summed E-state index contributed by atoms with van der Waals surface area (Å²) >= 11 is 0. The molecule has 0 atom stereocenters. The third kappa shape index (κ3) is 8.96. The fourth-order valence-electron chi connectivity index (χ4n) is 1.24. The SMILES string of the molecule is C=CC.CNCCCCC(C)(C)C(C)(C)C.[HH]. The molecule has 0 bridgehead atoms. The molecule has 16 heavy (non-hydrogen) atoms. The van der Waals surface area contributed by atoms with Gasteiger partial charge in [-0.05, 0) is 44.2 Å². The van der Waals surface area contributed by atoms with Crippen molar-refractivity contribution in [3.8, 4) is 0 Å². The van der Waals surface area contributed by atoms with E-state index in [2.05, 4.69) is 46.5 Å². The quantitative estimate of drug-likeness (QED) is 0.523. The van der Waals surface area contributed by atoms with Gasteiger partial charge in [-0.25, -0.2) is 0 Å².